The largest absolute Gasteiger partial charge is 0.493 e. The topological polar surface area (TPSA) is 33.3 Å². The van der Waals surface area contributed by atoms with E-state index >= 15 is 0 Å². The molecular formula is C13H20N2O. The Hall–Kier alpha value is -1.06. The van der Waals surface area contributed by atoms with Crippen LogP contribution in [0.3, 0.4) is 0 Å². The first-order chi connectivity index (χ1) is 7.85. The SMILES string of the molecule is CNCC(NC)c1ccc2c(c1)CCCO2. The minimum atomic E-state index is 0.372. The molecule has 2 N–H and O–H groups in total. The van der Waals surface area contributed by atoms with Crippen molar-refractivity contribution in [3.8, 4) is 5.75 Å². The average Bonchev–Trinajstić information content (AvgIpc) is 2.35. The predicted octanol–water partition coefficient (Wildman–Crippen LogP) is 1.49. The van der Waals surface area contributed by atoms with E-state index in [1.54, 1.807) is 0 Å². The van der Waals surface area contributed by atoms with Crippen LogP contribution in [0.5, 0.6) is 5.75 Å². The molecule has 0 aliphatic carbocycles. The van der Waals surface area contributed by atoms with Crippen molar-refractivity contribution < 1.29 is 4.74 Å². The summed E-state index contributed by atoms with van der Waals surface area (Å²) in [6.07, 6.45) is 2.27. The maximum atomic E-state index is 5.62. The van der Waals surface area contributed by atoms with Gasteiger partial charge in [0.05, 0.1) is 6.61 Å². The Kier molecular flexibility index (Phi) is 3.80. The zero-order valence-electron chi connectivity index (χ0n) is 10.0. The molecule has 0 aromatic heterocycles. The Balaban J connectivity index is 2.21. The van der Waals surface area contributed by atoms with E-state index in [0.29, 0.717) is 6.04 Å². The van der Waals surface area contributed by atoms with Gasteiger partial charge in [-0.15, -0.1) is 0 Å². The van der Waals surface area contributed by atoms with Crippen molar-refractivity contribution in [2.24, 2.45) is 0 Å². The highest BCUT2D eigenvalue weighted by Crippen LogP contribution is 2.27. The highest BCUT2D eigenvalue weighted by Gasteiger charge is 2.14. The molecule has 1 aliphatic heterocycles. The number of nitrogens with one attached hydrogen (secondary N) is 2. The molecule has 1 aliphatic rings. The minimum Gasteiger partial charge on any atom is -0.493 e. The molecule has 0 spiro atoms. The summed E-state index contributed by atoms with van der Waals surface area (Å²) in [6.45, 7) is 1.80. The van der Waals surface area contributed by atoms with Gasteiger partial charge in [0.25, 0.3) is 0 Å². The zero-order chi connectivity index (χ0) is 11.4. The van der Waals surface area contributed by atoms with Crippen LogP contribution in [0, 0.1) is 0 Å². The van der Waals surface area contributed by atoms with Crippen LogP contribution in [0.25, 0.3) is 0 Å². The van der Waals surface area contributed by atoms with Gasteiger partial charge in [-0.25, -0.2) is 0 Å². The van der Waals surface area contributed by atoms with Crippen molar-refractivity contribution in [3.63, 3.8) is 0 Å². The van der Waals surface area contributed by atoms with Crippen molar-refractivity contribution >= 4 is 0 Å². The van der Waals surface area contributed by atoms with Crippen LogP contribution in [0.2, 0.25) is 0 Å². The van der Waals surface area contributed by atoms with Crippen LogP contribution in [-0.2, 0) is 6.42 Å². The number of rotatable bonds is 4. The summed E-state index contributed by atoms with van der Waals surface area (Å²) >= 11 is 0. The van der Waals surface area contributed by atoms with Crippen LogP contribution in [-0.4, -0.2) is 27.2 Å². The lowest BCUT2D eigenvalue weighted by Crippen LogP contribution is -2.27. The van der Waals surface area contributed by atoms with Gasteiger partial charge in [-0.2, -0.15) is 0 Å². The molecule has 1 heterocycles. The molecule has 0 fully saturated rings. The van der Waals surface area contributed by atoms with Gasteiger partial charge in [-0.3, -0.25) is 0 Å². The number of ether oxygens (including phenoxy) is 1. The third kappa shape index (κ3) is 2.36. The minimum absolute atomic E-state index is 0.372. The van der Waals surface area contributed by atoms with Crippen molar-refractivity contribution in [2.75, 3.05) is 27.2 Å². The molecule has 16 heavy (non-hydrogen) atoms. The molecule has 1 aromatic rings. The van der Waals surface area contributed by atoms with Crippen LogP contribution >= 0.6 is 0 Å². The first-order valence-electron chi connectivity index (χ1n) is 5.92. The van der Waals surface area contributed by atoms with E-state index in [-0.39, 0.29) is 0 Å². The second-order valence-corrected chi connectivity index (χ2v) is 4.22. The molecule has 0 saturated carbocycles. The Morgan fingerprint density at radius 1 is 1.38 bits per heavy atom. The van der Waals surface area contributed by atoms with Crippen LogP contribution in [0.4, 0.5) is 0 Å². The Labute approximate surface area is 97.2 Å². The molecule has 3 nitrogen and oxygen atoms in total. The molecule has 0 amide bonds. The van der Waals surface area contributed by atoms with Gasteiger partial charge < -0.3 is 15.4 Å². The molecule has 1 unspecified atom stereocenters. The fourth-order valence-electron chi connectivity index (χ4n) is 2.19. The highest BCUT2D eigenvalue weighted by atomic mass is 16.5. The fraction of sp³-hybridized carbons (Fsp3) is 0.538. The number of likely N-dealkylation sites (N-methyl/N-ethyl adjacent to an activating group) is 2. The monoisotopic (exact) mass is 220 g/mol. The van der Waals surface area contributed by atoms with Crippen molar-refractivity contribution in [2.45, 2.75) is 18.9 Å². The number of hydrogen-bond acceptors (Lipinski definition) is 3. The molecule has 88 valence electrons. The average molecular weight is 220 g/mol. The zero-order valence-corrected chi connectivity index (χ0v) is 10.0. The molecule has 0 radical (unpaired) electrons. The fourth-order valence-corrected chi connectivity index (χ4v) is 2.19. The van der Waals surface area contributed by atoms with E-state index in [4.69, 9.17) is 4.74 Å². The number of aryl methyl sites for hydroxylation is 1. The Morgan fingerprint density at radius 2 is 2.25 bits per heavy atom. The second kappa shape index (κ2) is 5.32. The number of hydrogen-bond donors (Lipinski definition) is 2. The van der Waals surface area contributed by atoms with Crippen molar-refractivity contribution in [3.05, 3.63) is 29.3 Å². The summed E-state index contributed by atoms with van der Waals surface area (Å²) in [6, 6.07) is 6.90. The summed E-state index contributed by atoms with van der Waals surface area (Å²) in [5, 5.41) is 6.53. The van der Waals surface area contributed by atoms with E-state index in [9.17, 15) is 0 Å². The Morgan fingerprint density at radius 3 is 3.00 bits per heavy atom. The molecule has 0 bridgehead atoms. The smallest absolute Gasteiger partial charge is 0.122 e. The quantitative estimate of drug-likeness (QED) is 0.806. The van der Waals surface area contributed by atoms with Gasteiger partial charge in [0.2, 0.25) is 0 Å². The van der Waals surface area contributed by atoms with Gasteiger partial charge in [0.1, 0.15) is 5.75 Å². The Bertz CT molecular complexity index is 352. The summed E-state index contributed by atoms with van der Waals surface area (Å²) < 4.78 is 5.62. The summed E-state index contributed by atoms with van der Waals surface area (Å²) in [4.78, 5) is 0. The van der Waals surface area contributed by atoms with E-state index in [1.807, 2.05) is 14.1 Å². The molecular weight excluding hydrogens is 200 g/mol. The third-order valence-electron chi connectivity index (χ3n) is 3.09. The van der Waals surface area contributed by atoms with Crippen LogP contribution < -0.4 is 15.4 Å². The van der Waals surface area contributed by atoms with Gasteiger partial charge in [0.15, 0.2) is 0 Å². The summed E-state index contributed by atoms with van der Waals surface area (Å²) in [5.74, 6) is 1.06. The van der Waals surface area contributed by atoms with Crippen LogP contribution in [0.1, 0.15) is 23.6 Å². The van der Waals surface area contributed by atoms with E-state index in [1.165, 1.54) is 11.1 Å². The summed E-state index contributed by atoms with van der Waals surface area (Å²) in [5.41, 5.74) is 2.68. The normalized spacial score (nSPS) is 16.4. The van der Waals surface area contributed by atoms with Gasteiger partial charge >= 0.3 is 0 Å². The first kappa shape index (κ1) is 11.4. The molecule has 1 aromatic carbocycles. The predicted molar refractivity (Wildman–Crippen MR) is 66.0 cm³/mol. The lowest BCUT2D eigenvalue weighted by molar-refractivity contribution is 0.288. The molecule has 3 heteroatoms. The van der Waals surface area contributed by atoms with E-state index in [2.05, 4.69) is 28.8 Å². The maximum absolute atomic E-state index is 5.62. The standard InChI is InChI=1S/C13H20N2O/c1-14-9-12(15-2)10-5-6-13-11(8-10)4-3-7-16-13/h5-6,8,12,14-15H,3-4,7,9H2,1-2H3. The van der Waals surface area contributed by atoms with Crippen molar-refractivity contribution in [1.29, 1.82) is 0 Å². The number of fused-ring (bicyclic) bond motifs is 1. The van der Waals surface area contributed by atoms with Crippen LogP contribution in [0.15, 0.2) is 18.2 Å². The molecule has 2 rings (SSSR count). The second-order valence-electron chi connectivity index (χ2n) is 4.22. The van der Waals surface area contributed by atoms with Crippen molar-refractivity contribution in [1.82, 2.24) is 10.6 Å². The van der Waals surface area contributed by atoms with Gasteiger partial charge in [-0.1, -0.05) is 12.1 Å². The first-order valence-corrected chi connectivity index (χ1v) is 5.92. The third-order valence-corrected chi connectivity index (χ3v) is 3.09. The lowest BCUT2D eigenvalue weighted by Gasteiger charge is -2.21. The summed E-state index contributed by atoms with van der Waals surface area (Å²) in [7, 11) is 3.98. The van der Waals surface area contributed by atoms with E-state index in [0.717, 1.165) is 31.7 Å². The van der Waals surface area contributed by atoms with E-state index < -0.39 is 0 Å². The molecule has 1 atom stereocenters. The molecule has 0 saturated heterocycles. The van der Waals surface area contributed by atoms with Gasteiger partial charge in [0, 0.05) is 12.6 Å². The highest BCUT2D eigenvalue weighted by molar-refractivity contribution is 5.39. The van der Waals surface area contributed by atoms with Gasteiger partial charge in [-0.05, 0) is 44.1 Å². The lowest BCUT2D eigenvalue weighted by atomic mass is 9.99. The maximum Gasteiger partial charge on any atom is 0.122 e. The number of benzene rings is 1.